The normalized spacial score (nSPS) is 12.3. The first-order valence-electron chi connectivity index (χ1n) is 5.98. The molecule has 1 N–H and O–H groups in total. The zero-order valence-corrected chi connectivity index (χ0v) is 11.1. The molecule has 0 aliphatic carbocycles. The minimum Gasteiger partial charge on any atom is -0.383 e. The molecule has 0 bridgehead atoms. The number of likely N-dealkylation sites (N-methyl/N-ethyl adjacent to an activating group) is 1. The second kappa shape index (κ2) is 10.5. The summed E-state index contributed by atoms with van der Waals surface area (Å²) in [4.78, 5) is 2.12. The predicted molar refractivity (Wildman–Crippen MR) is 63.7 cm³/mol. The van der Waals surface area contributed by atoms with Crippen molar-refractivity contribution >= 4 is 0 Å². The molecule has 0 aromatic carbocycles. The lowest BCUT2D eigenvalue weighted by molar-refractivity contribution is -0.173. The van der Waals surface area contributed by atoms with Crippen LogP contribution in [0.25, 0.3) is 0 Å². The average Bonchev–Trinajstić information content (AvgIpc) is 2.28. The molecule has 0 rings (SSSR count). The molecule has 110 valence electrons. The highest BCUT2D eigenvalue weighted by Crippen LogP contribution is 2.14. The maximum atomic E-state index is 11.7. The van der Waals surface area contributed by atoms with Crippen molar-refractivity contribution in [1.29, 1.82) is 0 Å². The summed E-state index contributed by atoms with van der Waals surface area (Å²) in [7, 11) is 3.65. The van der Waals surface area contributed by atoms with Gasteiger partial charge in [-0.25, -0.2) is 0 Å². The van der Waals surface area contributed by atoms with Crippen LogP contribution >= 0.6 is 0 Å². The van der Waals surface area contributed by atoms with Gasteiger partial charge in [-0.3, -0.25) is 0 Å². The summed E-state index contributed by atoms with van der Waals surface area (Å²) in [6.45, 7) is 2.88. The lowest BCUT2D eigenvalue weighted by Gasteiger charge is -2.16. The van der Waals surface area contributed by atoms with E-state index in [1.807, 2.05) is 7.05 Å². The molecule has 0 aromatic rings. The molecule has 7 heteroatoms. The first kappa shape index (κ1) is 17.6. The number of methoxy groups -OCH3 is 1. The van der Waals surface area contributed by atoms with E-state index in [2.05, 4.69) is 15.0 Å². The summed E-state index contributed by atoms with van der Waals surface area (Å²) in [5.41, 5.74) is 0. The molecule has 0 atom stereocenters. The van der Waals surface area contributed by atoms with E-state index in [9.17, 15) is 13.2 Å². The van der Waals surface area contributed by atoms with Crippen molar-refractivity contribution in [1.82, 2.24) is 10.2 Å². The van der Waals surface area contributed by atoms with Gasteiger partial charge in [0, 0.05) is 33.4 Å². The number of hydrogen-bond acceptors (Lipinski definition) is 4. The molecule has 4 nitrogen and oxygen atoms in total. The second-order valence-electron chi connectivity index (χ2n) is 4.07. The van der Waals surface area contributed by atoms with Crippen LogP contribution in [0, 0.1) is 0 Å². The molecule has 0 unspecified atom stereocenters. The van der Waals surface area contributed by atoms with Gasteiger partial charge < -0.3 is 19.7 Å². The van der Waals surface area contributed by atoms with Crippen LogP contribution in [0.5, 0.6) is 0 Å². The van der Waals surface area contributed by atoms with Crippen molar-refractivity contribution in [2.75, 3.05) is 60.2 Å². The topological polar surface area (TPSA) is 33.7 Å². The molecular weight excluding hydrogens is 249 g/mol. The first-order valence-corrected chi connectivity index (χ1v) is 5.98. The molecule has 0 radical (unpaired) electrons. The molecule has 0 saturated heterocycles. The van der Waals surface area contributed by atoms with Gasteiger partial charge in [-0.1, -0.05) is 0 Å². The van der Waals surface area contributed by atoms with Gasteiger partial charge >= 0.3 is 6.18 Å². The largest absolute Gasteiger partial charge is 0.411 e. The Balaban J connectivity index is 3.16. The van der Waals surface area contributed by atoms with Crippen molar-refractivity contribution in [3.8, 4) is 0 Å². The molecule has 0 spiro atoms. The third kappa shape index (κ3) is 13.7. The zero-order valence-electron chi connectivity index (χ0n) is 11.1. The molecule has 0 aliphatic heterocycles. The van der Waals surface area contributed by atoms with Gasteiger partial charge in [-0.05, 0) is 20.0 Å². The van der Waals surface area contributed by atoms with Crippen LogP contribution in [-0.2, 0) is 9.47 Å². The van der Waals surface area contributed by atoms with Gasteiger partial charge in [0.05, 0.1) is 6.61 Å². The Kier molecular flexibility index (Phi) is 10.3. The molecular formula is C11H23F3N2O2. The van der Waals surface area contributed by atoms with Crippen LogP contribution in [0.3, 0.4) is 0 Å². The summed E-state index contributed by atoms with van der Waals surface area (Å²) >= 11 is 0. The minimum absolute atomic E-state index is 0.131. The molecule has 0 aliphatic rings. The Morgan fingerprint density at radius 3 is 2.44 bits per heavy atom. The summed E-state index contributed by atoms with van der Waals surface area (Å²) < 4.78 is 44.6. The van der Waals surface area contributed by atoms with Crippen LogP contribution in [-0.4, -0.2) is 71.2 Å². The Labute approximate surface area is 106 Å². The molecule has 18 heavy (non-hydrogen) atoms. The Hall–Kier alpha value is -0.370. The van der Waals surface area contributed by atoms with Crippen molar-refractivity contribution < 1.29 is 22.6 Å². The monoisotopic (exact) mass is 272 g/mol. The van der Waals surface area contributed by atoms with Gasteiger partial charge in [-0.15, -0.1) is 0 Å². The molecule has 0 aromatic heterocycles. The number of halogens is 3. The third-order valence-corrected chi connectivity index (χ3v) is 2.26. The standard InChI is InChI=1S/C11H23F3N2O2/c1-16(7-9-17-2)6-5-15-4-3-8-18-10-11(12,13)14/h15H,3-10H2,1-2H3. The van der Waals surface area contributed by atoms with Crippen molar-refractivity contribution in [3.05, 3.63) is 0 Å². The maximum absolute atomic E-state index is 11.7. The number of rotatable bonds is 11. The third-order valence-electron chi connectivity index (χ3n) is 2.26. The average molecular weight is 272 g/mol. The van der Waals surface area contributed by atoms with Crippen LogP contribution in [0.2, 0.25) is 0 Å². The predicted octanol–water partition coefficient (Wildman–Crippen LogP) is 1.12. The number of nitrogens with zero attached hydrogens (tertiary/aromatic N) is 1. The smallest absolute Gasteiger partial charge is 0.383 e. The fourth-order valence-corrected chi connectivity index (χ4v) is 1.24. The number of nitrogens with one attached hydrogen (secondary N) is 1. The Morgan fingerprint density at radius 1 is 1.11 bits per heavy atom. The first-order chi connectivity index (χ1) is 8.45. The molecule has 0 saturated carbocycles. The van der Waals surface area contributed by atoms with Gasteiger partial charge in [0.2, 0.25) is 0 Å². The summed E-state index contributed by atoms with van der Waals surface area (Å²) in [6, 6.07) is 0. The lowest BCUT2D eigenvalue weighted by atomic mass is 10.4. The van der Waals surface area contributed by atoms with E-state index in [1.54, 1.807) is 7.11 Å². The van der Waals surface area contributed by atoms with E-state index in [-0.39, 0.29) is 6.61 Å². The van der Waals surface area contributed by atoms with E-state index >= 15 is 0 Å². The zero-order chi connectivity index (χ0) is 13.9. The number of ether oxygens (including phenoxy) is 2. The van der Waals surface area contributed by atoms with Gasteiger partial charge in [0.1, 0.15) is 6.61 Å². The Morgan fingerprint density at radius 2 is 1.83 bits per heavy atom. The molecule has 0 amide bonds. The second-order valence-corrected chi connectivity index (χ2v) is 4.07. The highest BCUT2D eigenvalue weighted by molar-refractivity contribution is 4.55. The van der Waals surface area contributed by atoms with Crippen molar-refractivity contribution in [2.24, 2.45) is 0 Å². The SMILES string of the molecule is COCCN(C)CCNCCCOCC(F)(F)F. The number of hydrogen-bond donors (Lipinski definition) is 1. The van der Waals surface area contributed by atoms with Crippen molar-refractivity contribution in [3.63, 3.8) is 0 Å². The van der Waals surface area contributed by atoms with E-state index in [4.69, 9.17) is 4.74 Å². The van der Waals surface area contributed by atoms with Crippen LogP contribution in [0.1, 0.15) is 6.42 Å². The summed E-state index contributed by atoms with van der Waals surface area (Å²) in [5.74, 6) is 0. The van der Waals surface area contributed by atoms with E-state index in [0.29, 0.717) is 19.6 Å². The van der Waals surface area contributed by atoms with E-state index in [0.717, 1.165) is 19.6 Å². The van der Waals surface area contributed by atoms with E-state index < -0.39 is 12.8 Å². The van der Waals surface area contributed by atoms with Gasteiger partial charge in [-0.2, -0.15) is 13.2 Å². The van der Waals surface area contributed by atoms with Crippen molar-refractivity contribution in [2.45, 2.75) is 12.6 Å². The highest BCUT2D eigenvalue weighted by atomic mass is 19.4. The maximum Gasteiger partial charge on any atom is 0.411 e. The van der Waals surface area contributed by atoms with Crippen LogP contribution in [0.4, 0.5) is 13.2 Å². The summed E-state index contributed by atoms with van der Waals surface area (Å²) in [5, 5.41) is 3.15. The Bertz CT molecular complexity index is 192. The van der Waals surface area contributed by atoms with Gasteiger partial charge in [0.25, 0.3) is 0 Å². The quantitative estimate of drug-likeness (QED) is 0.572. The fourth-order valence-electron chi connectivity index (χ4n) is 1.24. The number of alkyl halides is 3. The van der Waals surface area contributed by atoms with Gasteiger partial charge in [0.15, 0.2) is 0 Å². The van der Waals surface area contributed by atoms with E-state index in [1.165, 1.54) is 0 Å². The van der Waals surface area contributed by atoms with Crippen LogP contribution < -0.4 is 5.32 Å². The molecule has 0 fully saturated rings. The lowest BCUT2D eigenvalue weighted by Crippen LogP contribution is -2.32. The minimum atomic E-state index is -4.22. The highest BCUT2D eigenvalue weighted by Gasteiger charge is 2.27. The summed E-state index contributed by atoms with van der Waals surface area (Å²) in [6.07, 6.45) is -3.64. The fraction of sp³-hybridized carbons (Fsp3) is 1.00. The van der Waals surface area contributed by atoms with Crippen LogP contribution in [0.15, 0.2) is 0 Å². The molecule has 0 heterocycles.